The van der Waals surface area contributed by atoms with Gasteiger partial charge in [0.05, 0.1) is 18.4 Å². The lowest BCUT2D eigenvalue weighted by atomic mass is 10.1. The van der Waals surface area contributed by atoms with Gasteiger partial charge >= 0.3 is 0 Å². The summed E-state index contributed by atoms with van der Waals surface area (Å²) in [6.45, 7) is 8.70. The summed E-state index contributed by atoms with van der Waals surface area (Å²) in [6.07, 6.45) is 5.88. The Morgan fingerprint density at radius 2 is 1.96 bits per heavy atom. The van der Waals surface area contributed by atoms with Gasteiger partial charge in [-0.1, -0.05) is 0 Å². The molecule has 0 saturated carbocycles. The summed E-state index contributed by atoms with van der Waals surface area (Å²) in [5, 5.41) is 7.29. The van der Waals surface area contributed by atoms with Crippen molar-refractivity contribution >= 4 is 5.91 Å². The summed E-state index contributed by atoms with van der Waals surface area (Å²) in [5.74, 6) is 0.668. The molecular weight excluding hydrogens is 318 g/mol. The van der Waals surface area contributed by atoms with Gasteiger partial charge in [-0.3, -0.25) is 14.4 Å². The van der Waals surface area contributed by atoms with Crippen LogP contribution in [0, 0.1) is 0 Å². The Labute approximate surface area is 148 Å². The van der Waals surface area contributed by atoms with Crippen molar-refractivity contribution in [3.8, 4) is 5.82 Å². The second-order valence-electron chi connectivity index (χ2n) is 6.87. The summed E-state index contributed by atoms with van der Waals surface area (Å²) in [4.78, 5) is 15.0. The lowest BCUT2D eigenvalue weighted by Crippen LogP contribution is -2.52. The van der Waals surface area contributed by atoms with E-state index in [0.29, 0.717) is 12.1 Å². The predicted octanol–water partition coefficient (Wildman–Crippen LogP) is 1.44. The second kappa shape index (κ2) is 7.41. The number of aromatic nitrogens is 3. The zero-order chi connectivity index (χ0) is 18.0. The van der Waals surface area contributed by atoms with E-state index >= 15 is 0 Å². The van der Waals surface area contributed by atoms with Crippen LogP contribution < -0.4 is 5.32 Å². The van der Waals surface area contributed by atoms with Gasteiger partial charge in [0, 0.05) is 45.1 Å². The third kappa shape index (κ3) is 3.93. The molecule has 3 heterocycles. The molecule has 0 radical (unpaired) electrons. The number of aryl methyl sites for hydroxylation is 1. The van der Waals surface area contributed by atoms with Crippen molar-refractivity contribution in [3.05, 3.63) is 36.3 Å². The maximum absolute atomic E-state index is 12.7. The van der Waals surface area contributed by atoms with Gasteiger partial charge in [-0.2, -0.15) is 5.10 Å². The number of hydrogen-bond acceptors (Lipinski definition) is 4. The summed E-state index contributed by atoms with van der Waals surface area (Å²) in [5.41, 5.74) is 0.578. The Morgan fingerprint density at radius 1 is 1.32 bits per heavy atom. The highest BCUT2D eigenvalue weighted by Crippen LogP contribution is 2.15. The van der Waals surface area contributed by atoms with Crippen LogP contribution in [-0.2, 0) is 11.8 Å². The number of carbonyl (C=O) groups excluding carboxylic acids is 1. The van der Waals surface area contributed by atoms with Crippen molar-refractivity contribution in [2.24, 2.45) is 7.05 Å². The van der Waals surface area contributed by atoms with Gasteiger partial charge in [0.1, 0.15) is 11.4 Å². The lowest BCUT2D eigenvalue weighted by Gasteiger charge is -2.39. The van der Waals surface area contributed by atoms with E-state index in [1.807, 2.05) is 36.1 Å². The molecule has 2 aromatic heterocycles. The molecule has 1 aliphatic heterocycles. The smallest absolute Gasteiger partial charge is 0.256 e. The van der Waals surface area contributed by atoms with Crippen molar-refractivity contribution in [1.82, 2.24) is 24.6 Å². The molecule has 0 spiro atoms. The highest BCUT2D eigenvalue weighted by molar-refractivity contribution is 5.97. The molecule has 136 valence electrons. The number of nitrogens with zero attached hydrogens (tertiary/aromatic N) is 4. The van der Waals surface area contributed by atoms with Gasteiger partial charge in [0.15, 0.2) is 0 Å². The van der Waals surface area contributed by atoms with Gasteiger partial charge in [0.2, 0.25) is 0 Å². The Kier molecular flexibility index (Phi) is 5.24. The molecule has 2 aromatic rings. The summed E-state index contributed by atoms with van der Waals surface area (Å²) >= 11 is 0. The van der Waals surface area contributed by atoms with Crippen LogP contribution in [-0.4, -0.2) is 63.0 Å². The number of carbonyl (C=O) groups is 1. The fraction of sp³-hybridized carbons (Fsp3) is 0.556. The van der Waals surface area contributed by atoms with E-state index in [-0.39, 0.29) is 24.2 Å². The first kappa shape index (κ1) is 17.7. The molecule has 1 saturated heterocycles. The molecule has 1 fully saturated rings. The number of ether oxygens (including phenoxy) is 1. The van der Waals surface area contributed by atoms with E-state index in [2.05, 4.69) is 36.1 Å². The molecule has 1 amide bonds. The monoisotopic (exact) mass is 345 g/mol. The molecule has 7 nitrogen and oxygen atoms in total. The zero-order valence-electron chi connectivity index (χ0n) is 15.3. The number of hydrogen-bond donors (Lipinski definition) is 1. The van der Waals surface area contributed by atoms with Crippen molar-refractivity contribution in [1.29, 1.82) is 0 Å². The van der Waals surface area contributed by atoms with Crippen LogP contribution in [0.4, 0.5) is 0 Å². The fourth-order valence-electron chi connectivity index (χ4n) is 3.42. The van der Waals surface area contributed by atoms with Gasteiger partial charge < -0.3 is 14.6 Å². The largest absolute Gasteiger partial charge is 0.373 e. The zero-order valence-corrected chi connectivity index (χ0v) is 15.3. The number of amides is 1. The minimum Gasteiger partial charge on any atom is -0.373 e. The average molecular weight is 345 g/mol. The van der Waals surface area contributed by atoms with Crippen molar-refractivity contribution in [2.45, 2.75) is 39.0 Å². The molecule has 0 unspecified atom stereocenters. The van der Waals surface area contributed by atoms with Crippen LogP contribution in [0.5, 0.6) is 0 Å². The second-order valence-corrected chi connectivity index (χ2v) is 6.87. The van der Waals surface area contributed by atoms with Crippen LogP contribution >= 0.6 is 0 Å². The van der Waals surface area contributed by atoms with E-state index < -0.39 is 0 Å². The minimum atomic E-state index is -0.0991. The maximum Gasteiger partial charge on any atom is 0.256 e. The average Bonchev–Trinajstić information content (AvgIpc) is 3.20. The fourth-order valence-corrected chi connectivity index (χ4v) is 3.42. The summed E-state index contributed by atoms with van der Waals surface area (Å²) in [7, 11) is 1.84. The van der Waals surface area contributed by atoms with Crippen LogP contribution in [0.1, 0.15) is 31.1 Å². The Bertz CT molecular complexity index is 699. The van der Waals surface area contributed by atoms with Gasteiger partial charge in [-0.15, -0.1) is 0 Å². The van der Waals surface area contributed by atoms with Crippen LogP contribution in [0.2, 0.25) is 0 Å². The van der Waals surface area contributed by atoms with Gasteiger partial charge in [-0.25, -0.2) is 0 Å². The third-order valence-electron chi connectivity index (χ3n) is 4.63. The quantitative estimate of drug-likeness (QED) is 0.891. The standard InChI is InChI=1S/C18H27N5O2/c1-13(23-11-14(2)25-15(3)12-23)9-19-17(24)16-10-20-21(4)18(16)22-7-5-6-8-22/h5-8,10,13-15H,9,11-12H2,1-4H3,(H,19,24)/t13-,14-,15+/m1/s1. The normalized spacial score (nSPS) is 22.7. The van der Waals surface area contributed by atoms with Crippen molar-refractivity contribution < 1.29 is 9.53 Å². The number of nitrogens with one attached hydrogen (secondary N) is 1. The molecule has 1 aliphatic rings. The molecule has 0 bridgehead atoms. The topological polar surface area (TPSA) is 64.3 Å². The highest BCUT2D eigenvalue weighted by Gasteiger charge is 2.26. The van der Waals surface area contributed by atoms with E-state index in [9.17, 15) is 4.79 Å². The molecule has 3 atom stereocenters. The summed E-state index contributed by atoms with van der Waals surface area (Å²) in [6, 6.07) is 4.11. The van der Waals surface area contributed by atoms with E-state index in [1.165, 1.54) is 0 Å². The Morgan fingerprint density at radius 3 is 2.60 bits per heavy atom. The summed E-state index contributed by atoms with van der Waals surface area (Å²) < 4.78 is 9.39. The molecule has 0 aliphatic carbocycles. The van der Waals surface area contributed by atoms with Crippen molar-refractivity contribution in [3.63, 3.8) is 0 Å². The van der Waals surface area contributed by atoms with Gasteiger partial charge in [0.25, 0.3) is 5.91 Å². The number of rotatable bonds is 5. The molecule has 7 heteroatoms. The lowest BCUT2D eigenvalue weighted by molar-refractivity contribution is -0.0778. The van der Waals surface area contributed by atoms with Crippen molar-refractivity contribution in [2.75, 3.05) is 19.6 Å². The molecule has 0 aromatic carbocycles. The van der Waals surface area contributed by atoms with E-state index in [1.54, 1.807) is 10.9 Å². The predicted molar refractivity (Wildman–Crippen MR) is 95.9 cm³/mol. The Balaban J connectivity index is 1.64. The third-order valence-corrected chi connectivity index (χ3v) is 4.63. The number of morpholine rings is 1. The van der Waals surface area contributed by atoms with Crippen LogP contribution in [0.3, 0.4) is 0 Å². The highest BCUT2D eigenvalue weighted by atomic mass is 16.5. The molecule has 3 rings (SSSR count). The van der Waals surface area contributed by atoms with E-state index in [4.69, 9.17) is 4.74 Å². The van der Waals surface area contributed by atoms with Crippen LogP contribution in [0.15, 0.2) is 30.7 Å². The molecule has 25 heavy (non-hydrogen) atoms. The first-order valence-corrected chi connectivity index (χ1v) is 8.78. The molecule has 1 N–H and O–H groups in total. The van der Waals surface area contributed by atoms with Crippen LogP contribution in [0.25, 0.3) is 5.82 Å². The minimum absolute atomic E-state index is 0.0991. The maximum atomic E-state index is 12.7. The Hall–Kier alpha value is -2.12. The molecular formula is C18H27N5O2. The first-order valence-electron chi connectivity index (χ1n) is 8.78. The van der Waals surface area contributed by atoms with E-state index in [0.717, 1.165) is 18.9 Å². The SMILES string of the molecule is C[C@@H]1CN([C@H](C)CNC(=O)c2cnn(C)c2-n2cccc2)C[C@H](C)O1. The van der Waals surface area contributed by atoms with Gasteiger partial charge in [-0.05, 0) is 32.9 Å². The first-order chi connectivity index (χ1) is 12.0.